The first-order chi connectivity index (χ1) is 9.63. The molecule has 1 amide bonds. The first-order valence-electron chi connectivity index (χ1n) is 7.37. The van der Waals surface area contributed by atoms with Gasteiger partial charge in [0.1, 0.15) is 6.33 Å². The van der Waals surface area contributed by atoms with Gasteiger partial charge in [-0.3, -0.25) is 4.79 Å². The summed E-state index contributed by atoms with van der Waals surface area (Å²) in [6, 6.07) is 0. The second-order valence-corrected chi connectivity index (χ2v) is 5.79. The maximum Gasteiger partial charge on any atom is 0.257 e. The van der Waals surface area contributed by atoms with Crippen LogP contribution in [0.15, 0.2) is 12.5 Å². The minimum atomic E-state index is 0.0788. The van der Waals surface area contributed by atoms with E-state index in [1.54, 1.807) is 6.20 Å². The quantitative estimate of drug-likeness (QED) is 0.909. The number of hydrogen-bond donors (Lipinski definition) is 1. The lowest BCUT2D eigenvalue weighted by molar-refractivity contribution is 0.0671. The Hall–Kier alpha value is -1.49. The van der Waals surface area contributed by atoms with Crippen molar-refractivity contribution in [3.05, 3.63) is 23.8 Å². The van der Waals surface area contributed by atoms with Crippen LogP contribution in [0.5, 0.6) is 0 Å². The fraction of sp³-hybridized carbons (Fsp3) is 0.667. The predicted octanol–water partition coefficient (Wildman–Crippen LogP) is 1.67. The van der Waals surface area contributed by atoms with E-state index < -0.39 is 0 Å². The van der Waals surface area contributed by atoms with Crippen LogP contribution in [-0.2, 0) is 0 Å². The number of amides is 1. The molecule has 5 nitrogen and oxygen atoms in total. The summed E-state index contributed by atoms with van der Waals surface area (Å²) in [5, 5.41) is 3.20. The summed E-state index contributed by atoms with van der Waals surface area (Å²) in [6.07, 6.45) is 5.44. The zero-order valence-corrected chi connectivity index (χ0v) is 12.6. The van der Waals surface area contributed by atoms with Crippen LogP contribution in [0.2, 0.25) is 0 Å². The summed E-state index contributed by atoms with van der Waals surface area (Å²) < 4.78 is 0. The van der Waals surface area contributed by atoms with Crippen molar-refractivity contribution in [2.75, 3.05) is 26.7 Å². The second kappa shape index (κ2) is 6.79. The van der Waals surface area contributed by atoms with Gasteiger partial charge in [0.15, 0.2) is 0 Å². The molecular weight excluding hydrogens is 252 g/mol. The highest BCUT2D eigenvalue weighted by Crippen LogP contribution is 2.21. The van der Waals surface area contributed by atoms with Gasteiger partial charge < -0.3 is 10.2 Å². The molecular formula is C15H24N4O. The number of carbonyl (C=O) groups excluding carboxylic acids is 1. The molecule has 2 rings (SSSR count). The Kier molecular flexibility index (Phi) is 5.06. The van der Waals surface area contributed by atoms with Crippen LogP contribution >= 0.6 is 0 Å². The zero-order chi connectivity index (χ0) is 14.5. The molecule has 0 aromatic carbocycles. The molecule has 0 radical (unpaired) electrons. The van der Waals surface area contributed by atoms with Gasteiger partial charge in [0, 0.05) is 19.3 Å². The number of nitrogens with zero attached hydrogens (tertiary/aromatic N) is 3. The van der Waals surface area contributed by atoms with Crippen LogP contribution in [0.4, 0.5) is 0 Å². The average Bonchev–Trinajstić information content (AvgIpc) is 2.47. The van der Waals surface area contributed by atoms with Gasteiger partial charge in [0.25, 0.3) is 5.91 Å². The molecule has 5 heteroatoms. The highest BCUT2D eigenvalue weighted by atomic mass is 16.2. The average molecular weight is 276 g/mol. The third kappa shape index (κ3) is 3.33. The molecule has 1 N–H and O–H groups in total. The van der Waals surface area contributed by atoms with E-state index in [2.05, 4.69) is 29.1 Å². The minimum Gasteiger partial charge on any atom is -0.338 e. The smallest absolute Gasteiger partial charge is 0.257 e. The Balaban J connectivity index is 2.15. The topological polar surface area (TPSA) is 58.1 Å². The molecule has 1 aliphatic heterocycles. The molecule has 1 aliphatic rings. The monoisotopic (exact) mass is 276 g/mol. The highest BCUT2D eigenvalue weighted by Gasteiger charge is 2.26. The van der Waals surface area contributed by atoms with Crippen LogP contribution in [0.3, 0.4) is 0 Å². The lowest BCUT2D eigenvalue weighted by atomic mass is 9.96. The predicted molar refractivity (Wildman–Crippen MR) is 78.7 cm³/mol. The molecule has 1 saturated heterocycles. The normalized spacial score (nSPS) is 19.4. The van der Waals surface area contributed by atoms with E-state index in [9.17, 15) is 4.79 Å². The van der Waals surface area contributed by atoms with Crippen molar-refractivity contribution in [2.45, 2.75) is 32.6 Å². The first-order valence-corrected chi connectivity index (χ1v) is 7.37. The minimum absolute atomic E-state index is 0.0788. The Morgan fingerprint density at radius 1 is 1.55 bits per heavy atom. The molecule has 110 valence electrons. The van der Waals surface area contributed by atoms with E-state index in [-0.39, 0.29) is 11.8 Å². The van der Waals surface area contributed by atoms with Gasteiger partial charge in [-0.2, -0.15) is 0 Å². The van der Waals surface area contributed by atoms with Crippen molar-refractivity contribution < 1.29 is 4.79 Å². The number of likely N-dealkylation sites (tertiary alicyclic amines) is 1. The van der Waals surface area contributed by atoms with Crippen molar-refractivity contribution in [1.82, 2.24) is 20.2 Å². The van der Waals surface area contributed by atoms with Crippen molar-refractivity contribution >= 4 is 5.91 Å². The SMILES string of the molecule is CNC[C@@H]1CCCN(C(=O)c2cncnc2C(C)C)C1. The Morgan fingerprint density at radius 3 is 3.05 bits per heavy atom. The van der Waals surface area contributed by atoms with E-state index in [0.717, 1.165) is 31.7 Å². The molecule has 0 spiro atoms. The molecule has 1 aromatic heterocycles. The summed E-state index contributed by atoms with van der Waals surface area (Å²) in [6.45, 7) is 6.74. The van der Waals surface area contributed by atoms with Gasteiger partial charge in [0.2, 0.25) is 0 Å². The Bertz CT molecular complexity index is 459. The van der Waals surface area contributed by atoms with E-state index in [1.165, 1.54) is 12.7 Å². The summed E-state index contributed by atoms with van der Waals surface area (Å²) in [7, 11) is 1.96. The molecule has 0 unspecified atom stereocenters. The molecule has 1 aromatic rings. The molecule has 20 heavy (non-hydrogen) atoms. The Morgan fingerprint density at radius 2 is 2.35 bits per heavy atom. The fourth-order valence-corrected chi connectivity index (χ4v) is 2.84. The molecule has 0 aliphatic carbocycles. The van der Waals surface area contributed by atoms with Crippen molar-refractivity contribution in [3.8, 4) is 0 Å². The standard InChI is InChI=1S/C15H24N4O/c1-11(2)14-13(8-17-10-18-14)15(20)19-6-4-5-12(9-19)7-16-3/h8,10-12,16H,4-7,9H2,1-3H3/t12-/m0/s1. The number of nitrogens with one attached hydrogen (secondary N) is 1. The van der Waals surface area contributed by atoms with Gasteiger partial charge in [-0.05, 0) is 38.3 Å². The van der Waals surface area contributed by atoms with Crippen molar-refractivity contribution in [2.24, 2.45) is 5.92 Å². The maximum absolute atomic E-state index is 12.7. The first kappa shape index (κ1) is 14.9. The van der Waals surface area contributed by atoms with Crippen LogP contribution in [0.1, 0.15) is 48.7 Å². The summed E-state index contributed by atoms with van der Waals surface area (Å²) >= 11 is 0. The van der Waals surface area contributed by atoms with Gasteiger partial charge in [0.05, 0.1) is 11.3 Å². The van der Waals surface area contributed by atoms with Gasteiger partial charge in [-0.1, -0.05) is 13.8 Å². The van der Waals surface area contributed by atoms with Crippen LogP contribution in [0.25, 0.3) is 0 Å². The van der Waals surface area contributed by atoms with E-state index in [1.807, 2.05) is 11.9 Å². The maximum atomic E-state index is 12.7. The third-order valence-corrected chi connectivity index (χ3v) is 3.82. The number of carbonyl (C=O) groups is 1. The molecule has 1 atom stereocenters. The number of piperidine rings is 1. The molecule has 0 bridgehead atoms. The lowest BCUT2D eigenvalue weighted by Crippen LogP contribution is -2.42. The van der Waals surface area contributed by atoms with Gasteiger partial charge >= 0.3 is 0 Å². The van der Waals surface area contributed by atoms with E-state index in [0.29, 0.717) is 11.5 Å². The summed E-state index contributed by atoms with van der Waals surface area (Å²) in [4.78, 5) is 23.0. The molecule has 0 saturated carbocycles. The zero-order valence-electron chi connectivity index (χ0n) is 12.6. The van der Waals surface area contributed by atoms with Gasteiger partial charge in [-0.25, -0.2) is 9.97 Å². The number of aromatic nitrogens is 2. The van der Waals surface area contributed by atoms with E-state index in [4.69, 9.17) is 0 Å². The number of hydrogen-bond acceptors (Lipinski definition) is 4. The summed E-state index contributed by atoms with van der Waals surface area (Å²) in [5.74, 6) is 0.856. The number of rotatable bonds is 4. The van der Waals surface area contributed by atoms with E-state index >= 15 is 0 Å². The van der Waals surface area contributed by atoms with Crippen molar-refractivity contribution in [3.63, 3.8) is 0 Å². The highest BCUT2D eigenvalue weighted by molar-refractivity contribution is 5.95. The second-order valence-electron chi connectivity index (χ2n) is 5.79. The Labute approximate surface area is 120 Å². The fourth-order valence-electron chi connectivity index (χ4n) is 2.84. The van der Waals surface area contributed by atoms with Crippen molar-refractivity contribution in [1.29, 1.82) is 0 Å². The van der Waals surface area contributed by atoms with Gasteiger partial charge in [-0.15, -0.1) is 0 Å². The largest absolute Gasteiger partial charge is 0.338 e. The van der Waals surface area contributed by atoms with Crippen LogP contribution < -0.4 is 5.32 Å². The van der Waals surface area contributed by atoms with Crippen LogP contribution in [0, 0.1) is 5.92 Å². The summed E-state index contributed by atoms with van der Waals surface area (Å²) in [5.41, 5.74) is 1.51. The third-order valence-electron chi connectivity index (χ3n) is 3.82. The molecule has 2 heterocycles. The lowest BCUT2D eigenvalue weighted by Gasteiger charge is -2.33. The van der Waals surface area contributed by atoms with Crippen LogP contribution in [-0.4, -0.2) is 47.5 Å². The molecule has 1 fully saturated rings.